The Morgan fingerprint density at radius 3 is 2.05 bits per heavy atom. The van der Waals surface area contributed by atoms with Gasteiger partial charge in [0.05, 0.1) is 39.5 Å². The van der Waals surface area contributed by atoms with Crippen LogP contribution < -0.4 is 23.8 Å². The predicted octanol–water partition coefficient (Wildman–Crippen LogP) is 5.08. The molecule has 220 valence electrons. The van der Waals surface area contributed by atoms with Crippen molar-refractivity contribution in [3.8, 4) is 39.8 Å². The zero-order chi connectivity index (χ0) is 29.9. The first kappa shape index (κ1) is 27.9. The lowest BCUT2D eigenvalue weighted by atomic mass is 10.1. The van der Waals surface area contributed by atoms with Crippen molar-refractivity contribution in [3.05, 3.63) is 84.8 Å². The molecule has 0 N–H and O–H groups in total. The molecule has 3 aromatic carbocycles. The minimum absolute atomic E-state index is 0.0981. The van der Waals surface area contributed by atoms with Crippen molar-refractivity contribution in [3.63, 3.8) is 0 Å². The first-order chi connectivity index (χ1) is 21.1. The number of methoxy groups -OCH3 is 4. The van der Waals surface area contributed by atoms with E-state index in [2.05, 4.69) is 27.8 Å². The molecule has 6 rings (SSSR count). The fraction of sp³-hybridized carbons (Fsp3) is 0.242. The minimum Gasteiger partial charge on any atom is -0.495 e. The van der Waals surface area contributed by atoms with E-state index in [1.807, 2.05) is 47.4 Å². The number of hydrogen-bond acceptors (Lipinski definition) is 8. The summed E-state index contributed by atoms with van der Waals surface area (Å²) in [5.41, 5.74) is 4.24. The van der Waals surface area contributed by atoms with Gasteiger partial charge in [-0.05, 0) is 29.8 Å². The summed E-state index contributed by atoms with van der Waals surface area (Å²) in [7, 11) is 6.29. The molecule has 0 spiro atoms. The third-order valence-corrected chi connectivity index (χ3v) is 7.77. The Balaban J connectivity index is 1.34. The van der Waals surface area contributed by atoms with Gasteiger partial charge in [-0.2, -0.15) is 0 Å². The quantitative estimate of drug-likeness (QED) is 0.251. The van der Waals surface area contributed by atoms with Crippen molar-refractivity contribution in [2.75, 3.05) is 59.5 Å². The Kier molecular flexibility index (Phi) is 7.74. The van der Waals surface area contributed by atoms with Crippen LogP contribution in [-0.4, -0.2) is 80.0 Å². The molecule has 0 aliphatic carbocycles. The van der Waals surface area contributed by atoms with Crippen LogP contribution in [0.3, 0.4) is 0 Å². The van der Waals surface area contributed by atoms with E-state index in [0.717, 1.165) is 39.4 Å². The largest absolute Gasteiger partial charge is 0.495 e. The molecular formula is C33H33N5O5. The van der Waals surface area contributed by atoms with Crippen LogP contribution in [0.4, 0.5) is 5.82 Å². The number of anilines is 1. The molecule has 10 heteroatoms. The molecule has 1 fully saturated rings. The highest BCUT2D eigenvalue weighted by Crippen LogP contribution is 2.40. The lowest BCUT2D eigenvalue weighted by molar-refractivity contribution is 0.0745. The molecule has 5 aromatic rings. The number of carbonyl (C=O) groups is 1. The van der Waals surface area contributed by atoms with Gasteiger partial charge < -0.3 is 28.7 Å². The Hall–Kier alpha value is -5.25. The summed E-state index contributed by atoms with van der Waals surface area (Å²) < 4.78 is 24.1. The molecule has 0 radical (unpaired) electrons. The summed E-state index contributed by atoms with van der Waals surface area (Å²) >= 11 is 0. The monoisotopic (exact) mass is 579 g/mol. The summed E-state index contributed by atoms with van der Waals surface area (Å²) in [6.07, 6.45) is 3.70. The number of fused-ring (bicyclic) bond motifs is 1. The van der Waals surface area contributed by atoms with E-state index < -0.39 is 0 Å². The minimum atomic E-state index is -0.0981. The van der Waals surface area contributed by atoms with Crippen LogP contribution in [0.1, 0.15) is 10.4 Å². The predicted molar refractivity (Wildman–Crippen MR) is 165 cm³/mol. The summed E-state index contributed by atoms with van der Waals surface area (Å²) in [6, 6.07) is 21.5. The highest BCUT2D eigenvalue weighted by atomic mass is 16.5. The maximum atomic E-state index is 13.6. The molecule has 0 atom stereocenters. The molecular weight excluding hydrogens is 546 g/mol. The van der Waals surface area contributed by atoms with Crippen molar-refractivity contribution in [2.45, 2.75) is 0 Å². The number of aromatic nitrogens is 3. The molecule has 2 aromatic heterocycles. The van der Waals surface area contributed by atoms with Crippen LogP contribution in [0.5, 0.6) is 23.0 Å². The van der Waals surface area contributed by atoms with Gasteiger partial charge in [0.2, 0.25) is 5.75 Å². The molecule has 1 saturated heterocycles. The number of nitrogens with zero attached hydrogens (tertiary/aromatic N) is 5. The first-order valence-electron chi connectivity index (χ1n) is 14.0. The van der Waals surface area contributed by atoms with Crippen molar-refractivity contribution in [1.82, 2.24) is 19.4 Å². The standard InChI is InChI=1S/C33H33N5O5/c1-40-26-13-9-8-12-25(26)38-20-24(22-10-6-5-7-11-22)29-31(34-21-35-32(29)38)36-14-16-37(17-15-36)33(39)23-18-27(41-2)30(43-4)28(19-23)42-3/h5-13,18-21H,14-17H2,1-4H3. The van der Waals surface area contributed by atoms with E-state index in [9.17, 15) is 4.79 Å². The van der Waals surface area contributed by atoms with Crippen LogP contribution in [-0.2, 0) is 0 Å². The summed E-state index contributed by atoms with van der Waals surface area (Å²) in [4.78, 5) is 27.1. The van der Waals surface area contributed by atoms with E-state index in [4.69, 9.17) is 28.9 Å². The van der Waals surface area contributed by atoms with E-state index in [0.29, 0.717) is 49.0 Å². The summed E-state index contributed by atoms with van der Waals surface area (Å²) in [6.45, 7) is 2.26. The van der Waals surface area contributed by atoms with Crippen molar-refractivity contribution in [2.24, 2.45) is 0 Å². The molecule has 1 amide bonds. The maximum absolute atomic E-state index is 13.6. The first-order valence-corrected chi connectivity index (χ1v) is 14.0. The molecule has 1 aliphatic rings. The molecule has 43 heavy (non-hydrogen) atoms. The smallest absolute Gasteiger partial charge is 0.254 e. The zero-order valence-corrected chi connectivity index (χ0v) is 24.6. The average molecular weight is 580 g/mol. The number of carbonyl (C=O) groups excluding carboxylic acids is 1. The molecule has 1 aliphatic heterocycles. The van der Waals surface area contributed by atoms with Gasteiger partial charge in [-0.1, -0.05) is 42.5 Å². The van der Waals surface area contributed by atoms with Crippen molar-refractivity contribution < 1.29 is 23.7 Å². The second-order valence-corrected chi connectivity index (χ2v) is 10.0. The van der Waals surface area contributed by atoms with Gasteiger partial charge in [-0.25, -0.2) is 9.97 Å². The van der Waals surface area contributed by atoms with E-state index >= 15 is 0 Å². The fourth-order valence-electron chi connectivity index (χ4n) is 5.64. The van der Waals surface area contributed by atoms with E-state index in [-0.39, 0.29) is 5.91 Å². The zero-order valence-electron chi connectivity index (χ0n) is 24.6. The number of benzene rings is 3. The van der Waals surface area contributed by atoms with E-state index in [1.165, 1.54) is 14.2 Å². The maximum Gasteiger partial charge on any atom is 0.254 e. The number of piperazine rings is 1. The van der Waals surface area contributed by atoms with Crippen LogP contribution in [0.2, 0.25) is 0 Å². The summed E-state index contributed by atoms with van der Waals surface area (Å²) in [5, 5.41) is 0.948. The molecule has 0 saturated carbocycles. The topological polar surface area (TPSA) is 91.2 Å². The second-order valence-electron chi connectivity index (χ2n) is 10.0. The van der Waals surface area contributed by atoms with Crippen LogP contribution in [0.25, 0.3) is 27.8 Å². The lowest BCUT2D eigenvalue weighted by Crippen LogP contribution is -2.49. The van der Waals surface area contributed by atoms with Crippen LogP contribution in [0, 0.1) is 0 Å². The third kappa shape index (κ3) is 5.05. The van der Waals surface area contributed by atoms with Gasteiger partial charge in [0.25, 0.3) is 5.91 Å². The summed E-state index contributed by atoms with van der Waals surface area (Å²) in [5.74, 6) is 2.82. The fourth-order valence-corrected chi connectivity index (χ4v) is 5.64. The second kappa shape index (κ2) is 11.9. The van der Waals surface area contributed by atoms with Crippen LogP contribution in [0.15, 0.2) is 79.3 Å². The highest BCUT2D eigenvalue weighted by molar-refractivity contribution is 6.02. The Bertz CT molecular complexity index is 1740. The normalized spacial score (nSPS) is 13.2. The number of para-hydroxylation sites is 2. The molecule has 0 bridgehead atoms. The number of hydrogen-bond donors (Lipinski definition) is 0. The number of amides is 1. The van der Waals surface area contributed by atoms with Gasteiger partial charge in [0, 0.05) is 43.5 Å². The average Bonchev–Trinajstić information content (AvgIpc) is 3.47. The Morgan fingerprint density at radius 1 is 0.744 bits per heavy atom. The van der Waals surface area contributed by atoms with Crippen molar-refractivity contribution in [1.29, 1.82) is 0 Å². The SMILES string of the molecule is COc1ccccc1-n1cc(-c2ccccc2)c2c(N3CCN(C(=O)c4cc(OC)c(OC)c(OC)c4)CC3)ncnc21. The highest BCUT2D eigenvalue weighted by Gasteiger charge is 2.28. The molecule has 3 heterocycles. The van der Waals surface area contributed by atoms with Gasteiger partial charge in [-0.3, -0.25) is 9.36 Å². The van der Waals surface area contributed by atoms with Gasteiger partial charge in [-0.15, -0.1) is 0 Å². The Labute approximate surface area is 250 Å². The number of rotatable bonds is 8. The third-order valence-electron chi connectivity index (χ3n) is 7.77. The van der Waals surface area contributed by atoms with E-state index in [1.54, 1.807) is 32.7 Å². The van der Waals surface area contributed by atoms with Gasteiger partial charge >= 0.3 is 0 Å². The molecule has 0 unspecified atom stereocenters. The number of ether oxygens (including phenoxy) is 4. The van der Waals surface area contributed by atoms with Crippen molar-refractivity contribution >= 4 is 22.8 Å². The molecule has 10 nitrogen and oxygen atoms in total. The van der Waals surface area contributed by atoms with Crippen LogP contribution >= 0.6 is 0 Å². The van der Waals surface area contributed by atoms with Gasteiger partial charge in [0.1, 0.15) is 17.9 Å². The lowest BCUT2D eigenvalue weighted by Gasteiger charge is -2.36. The Morgan fingerprint density at radius 2 is 1.40 bits per heavy atom. The van der Waals surface area contributed by atoms with Gasteiger partial charge in [0.15, 0.2) is 17.1 Å².